The van der Waals surface area contributed by atoms with Crippen LogP contribution in [0.3, 0.4) is 0 Å². The fraction of sp³-hybridized carbons (Fsp3) is 0.370. The van der Waals surface area contributed by atoms with Crippen molar-refractivity contribution < 1.29 is 18.0 Å². The lowest BCUT2D eigenvalue weighted by atomic mass is 10.1. The highest BCUT2D eigenvalue weighted by Crippen LogP contribution is 2.34. The number of aromatic nitrogens is 6. The number of nitrogens with one attached hydrogen (secondary N) is 1. The van der Waals surface area contributed by atoms with Gasteiger partial charge < -0.3 is 15.1 Å². The monoisotopic (exact) mass is 553 g/mol. The SMILES string of the molecule is Cc1ccc(C(=O)Nc2cc(C(F)(F)F)cc(N3CCC(N(C)C)C3)n2)cc1-n1cc(-c2cnn(C)c2C)nn1. The Balaban J connectivity index is 1.42. The summed E-state index contributed by atoms with van der Waals surface area (Å²) < 4.78 is 44.5. The third-order valence-corrected chi connectivity index (χ3v) is 7.32. The van der Waals surface area contributed by atoms with E-state index < -0.39 is 17.6 Å². The van der Waals surface area contributed by atoms with Crippen molar-refractivity contribution in [2.45, 2.75) is 32.5 Å². The first kappa shape index (κ1) is 27.3. The van der Waals surface area contributed by atoms with E-state index in [-0.39, 0.29) is 23.2 Å². The number of benzene rings is 1. The Bertz CT molecular complexity index is 1560. The molecule has 1 fully saturated rings. The van der Waals surface area contributed by atoms with Crippen molar-refractivity contribution in [3.05, 3.63) is 65.1 Å². The van der Waals surface area contributed by atoms with Gasteiger partial charge in [-0.1, -0.05) is 11.3 Å². The van der Waals surface area contributed by atoms with Crippen LogP contribution in [0.15, 0.2) is 42.7 Å². The predicted octanol–water partition coefficient (Wildman–Crippen LogP) is 4.09. The highest BCUT2D eigenvalue weighted by Gasteiger charge is 2.34. The number of carbonyl (C=O) groups is 1. The fourth-order valence-electron chi connectivity index (χ4n) is 4.72. The molecule has 13 heteroatoms. The Morgan fingerprint density at radius 2 is 1.93 bits per heavy atom. The van der Waals surface area contributed by atoms with Crippen LogP contribution in [0.5, 0.6) is 0 Å². The van der Waals surface area contributed by atoms with Crippen molar-refractivity contribution in [3.63, 3.8) is 0 Å². The Morgan fingerprint density at radius 1 is 1.15 bits per heavy atom. The molecule has 10 nitrogen and oxygen atoms in total. The van der Waals surface area contributed by atoms with Gasteiger partial charge in [0.1, 0.15) is 17.3 Å². The average molecular weight is 554 g/mol. The van der Waals surface area contributed by atoms with E-state index in [1.54, 1.807) is 40.0 Å². The Hall–Kier alpha value is -4.26. The van der Waals surface area contributed by atoms with Gasteiger partial charge in [-0.3, -0.25) is 9.48 Å². The normalized spacial score (nSPS) is 15.7. The lowest BCUT2D eigenvalue weighted by Crippen LogP contribution is -2.32. The van der Waals surface area contributed by atoms with E-state index in [9.17, 15) is 18.0 Å². The number of amides is 1. The summed E-state index contributed by atoms with van der Waals surface area (Å²) in [5, 5.41) is 15.3. The maximum absolute atomic E-state index is 13.7. The molecule has 0 saturated carbocycles. The first-order chi connectivity index (χ1) is 18.9. The third-order valence-electron chi connectivity index (χ3n) is 7.32. The predicted molar refractivity (Wildman–Crippen MR) is 145 cm³/mol. The topological polar surface area (TPSA) is 97.0 Å². The van der Waals surface area contributed by atoms with Crippen LogP contribution in [0.1, 0.15) is 33.6 Å². The minimum absolute atomic E-state index is 0.166. The van der Waals surface area contributed by atoms with E-state index in [2.05, 4.69) is 25.7 Å². The highest BCUT2D eigenvalue weighted by atomic mass is 19.4. The summed E-state index contributed by atoms with van der Waals surface area (Å²) in [4.78, 5) is 21.4. The molecule has 1 aliphatic rings. The van der Waals surface area contributed by atoms with Gasteiger partial charge in [0.15, 0.2) is 0 Å². The van der Waals surface area contributed by atoms with E-state index in [4.69, 9.17) is 0 Å². The number of carbonyl (C=O) groups excluding carboxylic acids is 1. The number of alkyl halides is 3. The standard InChI is InChI=1S/C27H30F3N9O/c1-16-6-7-18(10-23(16)39-15-22(34-35-39)21-13-31-37(5)17(21)2)26(40)33-24-11-19(27(28,29)30)12-25(32-24)38-9-8-20(14-38)36(3)4/h6-7,10-13,15,20H,8-9,14H2,1-5H3,(H,32,33,40). The number of hydrogen-bond donors (Lipinski definition) is 1. The smallest absolute Gasteiger partial charge is 0.355 e. The van der Waals surface area contributed by atoms with Crippen molar-refractivity contribution >= 4 is 17.5 Å². The summed E-state index contributed by atoms with van der Waals surface area (Å²) >= 11 is 0. The van der Waals surface area contributed by atoms with Crippen LogP contribution in [0.4, 0.5) is 24.8 Å². The molecule has 0 aliphatic carbocycles. The molecule has 0 radical (unpaired) electrons. The molecule has 1 saturated heterocycles. The maximum Gasteiger partial charge on any atom is 0.416 e. The van der Waals surface area contributed by atoms with E-state index in [0.29, 0.717) is 24.5 Å². The zero-order valence-electron chi connectivity index (χ0n) is 22.9. The van der Waals surface area contributed by atoms with Gasteiger partial charge in [-0.05, 0) is 64.2 Å². The number of hydrogen-bond acceptors (Lipinski definition) is 7. The van der Waals surface area contributed by atoms with Gasteiger partial charge in [0.2, 0.25) is 0 Å². The van der Waals surface area contributed by atoms with Gasteiger partial charge >= 0.3 is 6.18 Å². The molecule has 1 aromatic carbocycles. The molecule has 4 heterocycles. The van der Waals surface area contributed by atoms with Crippen LogP contribution in [-0.2, 0) is 13.2 Å². The van der Waals surface area contributed by atoms with Gasteiger partial charge in [-0.15, -0.1) is 5.10 Å². The third kappa shape index (κ3) is 5.41. The Labute approximate surface area is 229 Å². The molecule has 5 rings (SSSR count). The number of anilines is 2. The number of likely N-dealkylation sites (N-methyl/N-ethyl adjacent to an activating group) is 1. The van der Waals surface area contributed by atoms with E-state index in [1.165, 1.54) is 0 Å². The summed E-state index contributed by atoms with van der Waals surface area (Å²) in [6.45, 7) is 4.92. The molecule has 40 heavy (non-hydrogen) atoms. The maximum atomic E-state index is 13.7. The molecule has 3 aromatic heterocycles. The number of pyridine rings is 1. The molecular weight excluding hydrogens is 523 g/mol. The zero-order valence-corrected chi connectivity index (χ0v) is 22.9. The van der Waals surface area contributed by atoms with Gasteiger partial charge in [-0.25, -0.2) is 9.67 Å². The van der Waals surface area contributed by atoms with Crippen molar-refractivity contribution in [1.82, 2.24) is 34.7 Å². The first-order valence-electron chi connectivity index (χ1n) is 12.7. The second-order valence-electron chi connectivity index (χ2n) is 10.2. The summed E-state index contributed by atoms with van der Waals surface area (Å²) in [6.07, 6.45) is -0.333. The largest absolute Gasteiger partial charge is 0.416 e. The quantitative estimate of drug-likeness (QED) is 0.384. The zero-order chi connectivity index (χ0) is 28.8. The van der Waals surface area contributed by atoms with Crippen molar-refractivity contribution in [2.75, 3.05) is 37.4 Å². The Kier molecular flexibility index (Phi) is 7.08. The number of rotatable bonds is 6. The van der Waals surface area contributed by atoms with Crippen LogP contribution >= 0.6 is 0 Å². The summed E-state index contributed by atoms with van der Waals surface area (Å²) in [5.41, 5.74) is 3.20. The van der Waals surface area contributed by atoms with Crippen LogP contribution in [0, 0.1) is 13.8 Å². The van der Waals surface area contributed by atoms with Crippen LogP contribution < -0.4 is 10.2 Å². The summed E-state index contributed by atoms with van der Waals surface area (Å²) in [6, 6.07) is 7.07. The van der Waals surface area contributed by atoms with E-state index in [0.717, 1.165) is 35.4 Å². The minimum Gasteiger partial charge on any atom is -0.355 e. The van der Waals surface area contributed by atoms with Crippen LogP contribution in [0.2, 0.25) is 0 Å². The van der Waals surface area contributed by atoms with Crippen molar-refractivity contribution in [1.29, 1.82) is 0 Å². The fourth-order valence-corrected chi connectivity index (χ4v) is 4.72. The van der Waals surface area contributed by atoms with Gasteiger partial charge in [0, 0.05) is 43.0 Å². The first-order valence-corrected chi connectivity index (χ1v) is 12.7. The van der Waals surface area contributed by atoms with Gasteiger partial charge in [-0.2, -0.15) is 18.3 Å². The molecule has 4 aromatic rings. The highest BCUT2D eigenvalue weighted by molar-refractivity contribution is 6.04. The lowest BCUT2D eigenvalue weighted by molar-refractivity contribution is -0.137. The second kappa shape index (κ2) is 10.4. The number of nitrogens with zero attached hydrogens (tertiary/aromatic N) is 8. The van der Waals surface area contributed by atoms with Crippen molar-refractivity contribution in [2.24, 2.45) is 7.05 Å². The molecule has 1 amide bonds. The van der Waals surface area contributed by atoms with Crippen molar-refractivity contribution in [3.8, 4) is 16.9 Å². The molecular formula is C27H30F3N9O. The average Bonchev–Trinajstić information content (AvgIpc) is 3.65. The van der Waals surface area contributed by atoms with Crippen LogP contribution in [0.25, 0.3) is 16.9 Å². The molecule has 1 aliphatic heterocycles. The summed E-state index contributed by atoms with van der Waals surface area (Å²) in [5.74, 6) is -0.574. The number of halogens is 3. The van der Waals surface area contributed by atoms with Gasteiger partial charge in [0.25, 0.3) is 5.91 Å². The molecule has 0 bridgehead atoms. The molecule has 210 valence electrons. The van der Waals surface area contributed by atoms with Crippen LogP contribution in [-0.4, -0.2) is 73.8 Å². The number of aryl methyl sites for hydroxylation is 2. The van der Waals surface area contributed by atoms with Gasteiger partial charge in [0.05, 0.1) is 23.6 Å². The molecule has 1 unspecified atom stereocenters. The molecule has 1 atom stereocenters. The molecule has 0 spiro atoms. The van der Waals surface area contributed by atoms with E-state index in [1.807, 2.05) is 44.8 Å². The lowest BCUT2D eigenvalue weighted by Gasteiger charge is -2.22. The minimum atomic E-state index is -4.59. The van der Waals surface area contributed by atoms with E-state index >= 15 is 0 Å². The second-order valence-corrected chi connectivity index (χ2v) is 10.2. The Morgan fingerprint density at radius 3 is 2.58 bits per heavy atom. The summed E-state index contributed by atoms with van der Waals surface area (Å²) in [7, 11) is 5.72. The molecule has 1 N–H and O–H groups in total.